The molecule has 2 aromatic carbocycles. The molecule has 2 rings (SSSR count). The number of oxime groups is 1. The zero-order chi connectivity index (χ0) is 19.8. The molecule has 8 heteroatoms. The van der Waals surface area contributed by atoms with Gasteiger partial charge in [0.15, 0.2) is 0 Å². The van der Waals surface area contributed by atoms with Gasteiger partial charge in [-0.1, -0.05) is 35.5 Å². The van der Waals surface area contributed by atoms with E-state index in [4.69, 9.17) is 16.5 Å². The van der Waals surface area contributed by atoms with Crippen LogP contribution in [-0.2, 0) is 11.3 Å². The standard InChI is InChI=1S/C19H24FN5O2/c1-14-7-5-11-18(25(22)19(26)24(2)21)16(14)13-23-27-12-6-9-15-8-3-4-10-17(15)20/h3-5,7-8,10-11,13H,6,9,12,21-22H2,1-2H3. The van der Waals surface area contributed by atoms with Crippen LogP contribution in [0.2, 0.25) is 0 Å². The van der Waals surface area contributed by atoms with Gasteiger partial charge < -0.3 is 4.84 Å². The Morgan fingerprint density at radius 3 is 2.67 bits per heavy atom. The Labute approximate surface area is 157 Å². The number of halogens is 1. The summed E-state index contributed by atoms with van der Waals surface area (Å²) in [5.41, 5.74) is 2.61. The van der Waals surface area contributed by atoms with Crippen LogP contribution >= 0.6 is 0 Å². The minimum atomic E-state index is -0.568. The lowest BCUT2D eigenvalue weighted by atomic mass is 10.1. The lowest BCUT2D eigenvalue weighted by molar-refractivity contribution is 0.143. The summed E-state index contributed by atoms with van der Waals surface area (Å²) in [5.74, 6) is 11.1. The van der Waals surface area contributed by atoms with Gasteiger partial charge in [0, 0.05) is 12.6 Å². The van der Waals surface area contributed by atoms with Gasteiger partial charge in [-0.15, -0.1) is 0 Å². The molecule has 0 heterocycles. The molecular weight excluding hydrogens is 349 g/mol. The molecule has 0 spiro atoms. The van der Waals surface area contributed by atoms with Crippen molar-refractivity contribution >= 4 is 17.9 Å². The average molecular weight is 373 g/mol. The van der Waals surface area contributed by atoms with Gasteiger partial charge >= 0.3 is 6.03 Å². The van der Waals surface area contributed by atoms with E-state index in [0.717, 1.165) is 15.6 Å². The van der Waals surface area contributed by atoms with Gasteiger partial charge in [0.25, 0.3) is 0 Å². The van der Waals surface area contributed by atoms with E-state index >= 15 is 0 Å². The molecule has 144 valence electrons. The molecule has 0 saturated heterocycles. The number of hydrazine groups is 2. The smallest absolute Gasteiger partial charge is 0.352 e. The minimum Gasteiger partial charge on any atom is -0.396 e. The molecule has 0 aliphatic heterocycles. The van der Waals surface area contributed by atoms with Crippen LogP contribution in [0.4, 0.5) is 14.9 Å². The number of anilines is 1. The van der Waals surface area contributed by atoms with Crippen molar-refractivity contribution in [2.45, 2.75) is 19.8 Å². The molecule has 4 N–H and O–H groups in total. The Hall–Kier alpha value is -2.97. The summed E-state index contributed by atoms with van der Waals surface area (Å²) in [6.07, 6.45) is 2.68. The molecule has 2 amide bonds. The molecule has 27 heavy (non-hydrogen) atoms. The van der Waals surface area contributed by atoms with E-state index in [9.17, 15) is 9.18 Å². The quantitative estimate of drug-likeness (QED) is 0.256. The van der Waals surface area contributed by atoms with Crippen LogP contribution in [0.25, 0.3) is 0 Å². The third kappa shape index (κ3) is 5.50. The summed E-state index contributed by atoms with van der Waals surface area (Å²) in [7, 11) is 1.41. The monoisotopic (exact) mass is 373 g/mol. The molecule has 0 aromatic heterocycles. The van der Waals surface area contributed by atoms with Crippen LogP contribution in [0, 0.1) is 12.7 Å². The summed E-state index contributed by atoms with van der Waals surface area (Å²) in [4.78, 5) is 17.2. The number of aryl methyl sites for hydroxylation is 2. The zero-order valence-electron chi connectivity index (χ0n) is 15.4. The zero-order valence-corrected chi connectivity index (χ0v) is 15.4. The van der Waals surface area contributed by atoms with Gasteiger partial charge in [-0.2, -0.15) is 0 Å². The van der Waals surface area contributed by atoms with Gasteiger partial charge in [0.1, 0.15) is 12.4 Å². The Morgan fingerprint density at radius 2 is 1.96 bits per heavy atom. The first kappa shape index (κ1) is 20.3. The van der Waals surface area contributed by atoms with Gasteiger partial charge in [0.05, 0.1) is 11.9 Å². The number of amides is 2. The number of rotatable bonds is 7. The maximum atomic E-state index is 13.5. The largest absolute Gasteiger partial charge is 0.396 e. The summed E-state index contributed by atoms with van der Waals surface area (Å²) in [6, 6.07) is 11.4. The fourth-order valence-electron chi connectivity index (χ4n) is 2.49. The lowest BCUT2D eigenvalue weighted by Gasteiger charge is -2.22. The number of benzene rings is 2. The summed E-state index contributed by atoms with van der Waals surface area (Å²) in [6.45, 7) is 2.20. The van der Waals surface area contributed by atoms with Crippen molar-refractivity contribution in [2.75, 3.05) is 18.7 Å². The van der Waals surface area contributed by atoms with E-state index < -0.39 is 6.03 Å². The Balaban J connectivity index is 1.96. The van der Waals surface area contributed by atoms with Gasteiger partial charge in [-0.25, -0.2) is 25.9 Å². The molecule has 0 radical (unpaired) electrons. The first-order valence-electron chi connectivity index (χ1n) is 8.47. The second-order valence-corrected chi connectivity index (χ2v) is 6.03. The first-order chi connectivity index (χ1) is 12.9. The second kappa shape index (κ2) is 9.65. The van der Waals surface area contributed by atoms with Crippen molar-refractivity contribution in [3.63, 3.8) is 0 Å². The number of carbonyl (C=O) groups is 1. The highest BCUT2D eigenvalue weighted by Crippen LogP contribution is 2.21. The predicted octanol–water partition coefficient (Wildman–Crippen LogP) is 2.72. The molecule has 0 saturated carbocycles. The maximum Gasteiger partial charge on any atom is 0.352 e. The summed E-state index contributed by atoms with van der Waals surface area (Å²) in [5, 5.41) is 5.79. The van der Waals surface area contributed by atoms with Crippen LogP contribution in [0.5, 0.6) is 0 Å². The van der Waals surface area contributed by atoms with E-state index in [0.29, 0.717) is 36.3 Å². The molecule has 0 fully saturated rings. The second-order valence-electron chi connectivity index (χ2n) is 6.03. The van der Waals surface area contributed by atoms with Crippen LogP contribution in [-0.4, -0.2) is 30.9 Å². The minimum absolute atomic E-state index is 0.219. The highest BCUT2D eigenvalue weighted by atomic mass is 19.1. The van der Waals surface area contributed by atoms with Crippen LogP contribution in [0.15, 0.2) is 47.6 Å². The van der Waals surface area contributed by atoms with Crippen molar-refractivity contribution < 1.29 is 14.0 Å². The highest BCUT2D eigenvalue weighted by molar-refractivity contribution is 5.98. The molecule has 0 unspecified atom stereocenters. The molecule has 2 aromatic rings. The van der Waals surface area contributed by atoms with Crippen LogP contribution in [0.3, 0.4) is 0 Å². The van der Waals surface area contributed by atoms with Crippen LogP contribution in [0.1, 0.15) is 23.1 Å². The van der Waals surface area contributed by atoms with E-state index in [2.05, 4.69) is 5.16 Å². The van der Waals surface area contributed by atoms with Crippen molar-refractivity contribution in [1.29, 1.82) is 0 Å². The molecular formula is C19H24FN5O2. The number of carbonyl (C=O) groups excluding carboxylic acids is 1. The number of hydrogen-bond donors (Lipinski definition) is 2. The van der Waals surface area contributed by atoms with Gasteiger partial charge in [-0.05, 0) is 43.0 Å². The van der Waals surface area contributed by atoms with Crippen molar-refractivity contribution in [3.05, 3.63) is 65.0 Å². The SMILES string of the molecule is Cc1cccc(N(N)C(=O)N(C)N)c1C=NOCCCc1ccccc1F. The van der Waals surface area contributed by atoms with Crippen molar-refractivity contribution in [3.8, 4) is 0 Å². The molecule has 7 nitrogen and oxygen atoms in total. The van der Waals surface area contributed by atoms with Gasteiger partial charge in [-0.3, -0.25) is 5.01 Å². The lowest BCUT2D eigenvalue weighted by Crippen LogP contribution is -2.49. The highest BCUT2D eigenvalue weighted by Gasteiger charge is 2.17. The molecule has 0 atom stereocenters. The normalized spacial score (nSPS) is 10.9. The Bertz CT molecular complexity index is 810. The summed E-state index contributed by atoms with van der Waals surface area (Å²) >= 11 is 0. The predicted molar refractivity (Wildman–Crippen MR) is 103 cm³/mol. The Kier molecular flexibility index (Phi) is 7.27. The number of nitrogens with two attached hydrogens (primary N) is 2. The topological polar surface area (TPSA) is 97.2 Å². The van der Waals surface area contributed by atoms with Crippen molar-refractivity contribution in [1.82, 2.24) is 5.01 Å². The molecule has 0 bridgehead atoms. The third-order valence-corrected chi connectivity index (χ3v) is 3.96. The number of urea groups is 1. The molecule has 0 aliphatic carbocycles. The van der Waals surface area contributed by atoms with E-state index in [1.807, 2.05) is 13.0 Å². The number of nitrogens with zero attached hydrogens (tertiary/aromatic N) is 3. The third-order valence-electron chi connectivity index (χ3n) is 3.96. The average Bonchev–Trinajstić information content (AvgIpc) is 2.65. The fourth-order valence-corrected chi connectivity index (χ4v) is 2.49. The maximum absolute atomic E-state index is 13.5. The van der Waals surface area contributed by atoms with E-state index in [-0.39, 0.29) is 5.82 Å². The van der Waals surface area contributed by atoms with E-state index in [1.54, 1.807) is 30.3 Å². The van der Waals surface area contributed by atoms with Crippen molar-refractivity contribution in [2.24, 2.45) is 16.8 Å². The van der Waals surface area contributed by atoms with Gasteiger partial charge in [0.2, 0.25) is 0 Å². The number of hydrogen-bond acceptors (Lipinski definition) is 5. The fraction of sp³-hybridized carbons (Fsp3) is 0.263. The van der Waals surface area contributed by atoms with Crippen LogP contribution < -0.4 is 16.7 Å². The Morgan fingerprint density at radius 1 is 1.22 bits per heavy atom. The first-order valence-corrected chi connectivity index (χ1v) is 8.47. The van der Waals surface area contributed by atoms with E-state index in [1.165, 1.54) is 19.3 Å². The summed E-state index contributed by atoms with van der Waals surface area (Å²) < 4.78 is 13.5. The molecule has 0 aliphatic rings.